The van der Waals surface area contributed by atoms with Crippen LogP contribution in [0.25, 0.3) is 0 Å². The molecule has 0 unspecified atom stereocenters. The van der Waals surface area contributed by atoms with Crippen LogP contribution in [0.1, 0.15) is 37.3 Å². The van der Waals surface area contributed by atoms with Crippen LogP contribution in [0.5, 0.6) is 0 Å². The molecule has 28 heavy (non-hydrogen) atoms. The Morgan fingerprint density at radius 1 is 1.11 bits per heavy atom. The van der Waals surface area contributed by atoms with Gasteiger partial charge in [0.05, 0.1) is 0 Å². The number of anilines is 1. The number of carbonyl (C=O) groups excluding carboxylic acids is 2. The van der Waals surface area contributed by atoms with Gasteiger partial charge in [-0.15, -0.1) is 0 Å². The molecule has 4 rings (SSSR count). The number of amides is 1. The second kappa shape index (κ2) is 11.1. The molecule has 0 radical (unpaired) electrons. The van der Waals surface area contributed by atoms with Gasteiger partial charge in [-0.2, -0.15) is 0 Å². The van der Waals surface area contributed by atoms with Crippen molar-refractivity contribution < 1.29 is 14.3 Å². The molecule has 1 atom stereocenters. The molecule has 2 aliphatic rings. The van der Waals surface area contributed by atoms with Crippen LogP contribution in [0.15, 0.2) is 54.6 Å². The van der Waals surface area contributed by atoms with E-state index in [0.29, 0.717) is 0 Å². The minimum atomic E-state index is -0.742. The van der Waals surface area contributed by atoms with E-state index in [1.807, 2.05) is 30.3 Å². The number of benzene rings is 2. The summed E-state index contributed by atoms with van der Waals surface area (Å²) in [6.45, 7) is 1.69. The smallest absolute Gasteiger partial charge is 0.404 e. The summed E-state index contributed by atoms with van der Waals surface area (Å²) < 4.78 is 4.57. The molecule has 0 spiro atoms. The molecule has 5 heteroatoms. The van der Waals surface area contributed by atoms with Crippen molar-refractivity contribution in [2.75, 3.05) is 11.9 Å². The molecule has 150 valence electrons. The van der Waals surface area contributed by atoms with Crippen molar-refractivity contribution in [3.63, 3.8) is 0 Å². The van der Waals surface area contributed by atoms with E-state index < -0.39 is 6.09 Å². The van der Waals surface area contributed by atoms with Crippen LogP contribution < -0.4 is 10.6 Å². The summed E-state index contributed by atoms with van der Waals surface area (Å²) in [7, 11) is 2.26. The lowest BCUT2D eigenvalue weighted by atomic mass is 9.94. The molecule has 2 aromatic carbocycles. The number of rotatable bonds is 3. The van der Waals surface area contributed by atoms with Crippen molar-refractivity contribution in [2.45, 2.75) is 45.3 Å². The van der Waals surface area contributed by atoms with Crippen molar-refractivity contribution in [2.24, 2.45) is 11.7 Å². The topological polar surface area (TPSA) is 72.6 Å². The SMILES string of the molecule is CC=O.CN1c2ccccc2CC[C@@H]1C1CC1.NC(=O)OCc1ccccc1. The lowest BCUT2D eigenvalue weighted by molar-refractivity contribution is -0.106. The van der Waals surface area contributed by atoms with Gasteiger partial charge in [0.15, 0.2) is 0 Å². The summed E-state index contributed by atoms with van der Waals surface area (Å²) >= 11 is 0. The number of nitrogens with zero attached hydrogens (tertiary/aromatic N) is 1. The summed E-state index contributed by atoms with van der Waals surface area (Å²) in [6, 6.07) is 19.1. The standard InChI is InChI=1S/C13H17N.C8H9NO2.C2H4O/c1-14-12-5-3-2-4-10(12)8-9-13(14)11-6-7-11;9-8(10)11-6-7-4-2-1-3-5-7;1-2-3/h2-5,11,13H,6-9H2,1H3;1-5H,6H2,(H2,9,10);2H,1H3/t13-;;/m1../s1. The van der Waals surface area contributed by atoms with Gasteiger partial charge in [-0.05, 0) is 55.7 Å². The van der Waals surface area contributed by atoms with Crippen molar-refractivity contribution in [3.05, 3.63) is 65.7 Å². The van der Waals surface area contributed by atoms with E-state index in [9.17, 15) is 4.79 Å². The lowest BCUT2D eigenvalue weighted by Gasteiger charge is -2.36. The highest BCUT2D eigenvalue weighted by atomic mass is 16.5. The maximum Gasteiger partial charge on any atom is 0.404 e. The zero-order chi connectivity index (χ0) is 20.4. The minimum Gasteiger partial charge on any atom is -0.445 e. The van der Waals surface area contributed by atoms with Crippen LogP contribution in [0.3, 0.4) is 0 Å². The van der Waals surface area contributed by atoms with E-state index in [4.69, 9.17) is 10.5 Å². The van der Waals surface area contributed by atoms with Gasteiger partial charge >= 0.3 is 6.09 Å². The summed E-state index contributed by atoms with van der Waals surface area (Å²) in [4.78, 5) is 21.5. The molecule has 1 amide bonds. The van der Waals surface area contributed by atoms with E-state index >= 15 is 0 Å². The molecular weight excluding hydrogens is 352 g/mol. The number of hydrogen-bond acceptors (Lipinski definition) is 4. The summed E-state index contributed by atoms with van der Waals surface area (Å²) in [5.74, 6) is 0.994. The number of ether oxygens (including phenoxy) is 1. The maximum absolute atomic E-state index is 10.2. The average Bonchev–Trinajstić information content (AvgIpc) is 3.54. The van der Waals surface area contributed by atoms with Gasteiger partial charge < -0.3 is 20.2 Å². The van der Waals surface area contributed by atoms with Gasteiger partial charge in [-0.25, -0.2) is 4.79 Å². The predicted octanol–water partition coefficient (Wildman–Crippen LogP) is 4.33. The monoisotopic (exact) mass is 382 g/mol. The fourth-order valence-corrected chi connectivity index (χ4v) is 3.50. The highest BCUT2D eigenvalue weighted by Crippen LogP contribution is 2.41. The van der Waals surface area contributed by atoms with Gasteiger partial charge in [-0.1, -0.05) is 48.5 Å². The summed E-state index contributed by atoms with van der Waals surface area (Å²) in [6.07, 6.45) is 5.56. The zero-order valence-electron chi connectivity index (χ0n) is 16.7. The average molecular weight is 383 g/mol. The third-order valence-electron chi connectivity index (χ3n) is 4.97. The second-order valence-electron chi connectivity index (χ2n) is 7.01. The van der Waals surface area contributed by atoms with Crippen molar-refractivity contribution in [1.29, 1.82) is 0 Å². The maximum atomic E-state index is 10.2. The molecular formula is C23H30N2O3. The first-order valence-corrected chi connectivity index (χ1v) is 9.73. The normalized spacial score (nSPS) is 17.1. The molecule has 0 bridgehead atoms. The third-order valence-corrected chi connectivity index (χ3v) is 4.97. The number of nitrogens with two attached hydrogens (primary N) is 1. The number of fused-ring (bicyclic) bond motifs is 1. The first-order chi connectivity index (χ1) is 13.6. The fourth-order valence-electron chi connectivity index (χ4n) is 3.50. The van der Waals surface area contributed by atoms with Crippen LogP contribution in [0.4, 0.5) is 10.5 Å². The van der Waals surface area contributed by atoms with E-state index in [2.05, 4.69) is 40.9 Å². The largest absolute Gasteiger partial charge is 0.445 e. The van der Waals surface area contributed by atoms with Gasteiger partial charge in [0.2, 0.25) is 0 Å². The first kappa shape index (κ1) is 21.5. The van der Waals surface area contributed by atoms with E-state index in [0.717, 1.165) is 23.8 Å². The van der Waals surface area contributed by atoms with Crippen molar-refractivity contribution >= 4 is 18.1 Å². The number of carbonyl (C=O) groups is 2. The molecule has 1 aliphatic carbocycles. The molecule has 2 aromatic rings. The van der Waals surface area contributed by atoms with Crippen LogP contribution in [-0.4, -0.2) is 25.5 Å². The third kappa shape index (κ3) is 6.72. The Labute approximate surface area is 167 Å². The quantitative estimate of drug-likeness (QED) is 0.802. The molecule has 1 fully saturated rings. The first-order valence-electron chi connectivity index (χ1n) is 9.73. The molecule has 1 saturated carbocycles. The van der Waals surface area contributed by atoms with Crippen LogP contribution >= 0.6 is 0 Å². The Kier molecular flexibility index (Phi) is 8.53. The Hall–Kier alpha value is -2.82. The van der Waals surface area contributed by atoms with Crippen LogP contribution in [0, 0.1) is 5.92 Å². The van der Waals surface area contributed by atoms with E-state index in [1.54, 1.807) is 0 Å². The van der Waals surface area contributed by atoms with Crippen LogP contribution in [-0.2, 0) is 22.6 Å². The predicted molar refractivity (Wildman–Crippen MR) is 112 cm³/mol. The number of hydrogen-bond donors (Lipinski definition) is 1. The Morgan fingerprint density at radius 3 is 2.32 bits per heavy atom. The lowest BCUT2D eigenvalue weighted by Crippen LogP contribution is -2.37. The Balaban J connectivity index is 0.000000181. The minimum absolute atomic E-state index is 0.246. The molecule has 0 aromatic heterocycles. The number of para-hydroxylation sites is 1. The van der Waals surface area contributed by atoms with Gasteiger partial charge in [0.1, 0.15) is 12.9 Å². The summed E-state index contributed by atoms with van der Waals surface area (Å²) in [5.41, 5.74) is 8.72. The highest BCUT2D eigenvalue weighted by Gasteiger charge is 2.36. The fraction of sp³-hybridized carbons (Fsp3) is 0.391. The molecule has 5 nitrogen and oxygen atoms in total. The highest BCUT2D eigenvalue weighted by molar-refractivity contribution is 5.64. The number of aryl methyl sites for hydroxylation is 1. The van der Waals surface area contributed by atoms with E-state index in [1.165, 1.54) is 43.9 Å². The van der Waals surface area contributed by atoms with Crippen molar-refractivity contribution in [3.8, 4) is 0 Å². The number of aldehydes is 1. The zero-order valence-corrected chi connectivity index (χ0v) is 16.7. The van der Waals surface area contributed by atoms with Gasteiger partial charge in [-0.3, -0.25) is 0 Å². The van der Waals surface area contributed by atoms with E-state index in [-0.39, 0.29) is 6.61 Å². The second-order valence-corrected chi connectivity index (χ2v) is 7.01. The van der Waals surface area contributed by atoms with Crippen LogP contribution in [0.2, 0.25) is 0 Å². The molecule has 1 aliphatic heterocycles. The molecule has 0 saturated heterocycles. The Bertz CT molecular complexity index is 745. The molecule has 1 heterocycles. The Morgan fingerprint density at radius 2 is 1.71 bits per heavy atom. The van der Waals surface area contributed by atoms with Gasteiger partial charge in [0, 0.05) is 18.8 Å². The van der Waals surface area contributed by atoms with Gasteiger partial charge in [0.25, 0.3) is 0 Å². The summed E-state index contributed by atoms with van der Waals surface area (Å²) in [5, 5.41) is 0. The molecule has 2 N–H and O–H groups in total. The number of primary amides is 1. The van der Waals surface area contributed by atoms with Crippen molar-refractivity contribution in [1.82, 2.24) is 0 Å².